The molecule has 0 unspecified atom stereocenters. The summed E-state index contributed by atoms with van der Waals surface area (Å²) in [7, 11) is 0. The summed E-state index contributed by atoms with van der Waals surface area (Å²) in [6, 6.07) is 16.1. The van der Waals surface area contributed by atoms with E-state index in [-0.39, 0.29) is 5.91 Å². The number of thioether (sulfide) groups is 1. The van der Waals surface area contributed by atoms with E-state index in [0.717, 1.165) is 29.9 Å². The van der Waals surface area contributed by atoms with Crippen LogP contribution in [-0.2, 0) is 4.79 Å². The molecule has 0 aromatic heterocycles. The van der Waals surface area contributed by atoms with Crippen molar-refractivity contribution >= 4 is 40.4 Å². The molecule has 0 saturated carbocycles. The summed E-state index contributed by atoms with van der Waals surface area (Å²) in [5.41, 5.74) is 4.16. The largest absolute Gasteiger partial charge is 0.372 e. The predicted octanol–water partition coefficient (Wildman–Crippen LogP) is 4.31. The van der Waals surface area contributed by atoms with Crippen LogP contribution in [-0.4, -0.2) is 36.1 Å². The molecule has 0 radical (unpaired) electrons. The highest BCUT2D eigenvalue weighted by molar-refractivity contribution is 8.15. The summed E-state index contributed by atoms with van der Waals surface area (Å²) in [6.45, 7) is 8.29. The normalized spacial score (nSPS) is 15.9. The Morgan fingerprint density at radius 2 is 1.74 bits per heavy atom. The van der Waals surface area contributed by atoms with E-state index in [0.29, 0.717) is 10.9 Å². The zero-order valence-corrected chi connectivity index (χ0v) is 16.7. The van der Waals surface area contributed by atoms with Gasteiger partial charge in [0.05, 0.1) is 17.7 Å². The molecule has 2 aromatic rings. The van der Waals surface area contributed by atoms with Gasteiger partial charge in [-0.15, -0.1) is 5.10 Å². The Kier molecular flexibility index (Phi) is 6.29. The molecule has 1 amide bonds. The Morgan fingerprint density at radius 3 is 2.37 bits per heavy atom. The molecule has 3 rings (SSSR count). The summed E-state index contributed by atoms with van der Waals surface area (Å²) in [5.74, 6) is 0.419. The highest BCUT2D eigenvalue weighted by Gasteiger charge is 2.29. The van der Waals surface area contributed by atoms with Crippen molar-refractivity contribution in [2.45, 2.75) is 20.8 Å². The fourth-order valence-electron chi connectivity index (χ4n) is 2.89. The first-order chi connectivity index (χ1) is 13.1. The van der Waals surface area contributed by atoms with Crippen molar-refractivity contribution in [1.29, 1.82) is 0 Å². The van der Waals surface area contributed by atoms with Gasteiger partial charge in [0.15, 0.2) is 5.17 Å². The number of benzene rings is 2. The van der Waals surface area contributed by atoms with Crippen LogP contribution in [0.3, 0.4) is 0 Å². The molecule has 1 aliphatic rings. The summed E-state index contributed by atoms with van der Waals surface area (Å²) in [5, 5.41) is 9.09. The second-order valence-corrected chi connectivity index (χ2v) is 7.19. The summed E-state index contributed by atoms with van der Waals surface area (Å²) in [4.78, 5) is 16.2. The molecule has 0 atom stereocenters. The van der Waals surface area contributed by atoms with Gasteiger partial charge in [0, 0.05) is 18.8 Å². The van der Waals surface area contributed by atoms with E-state index in [4.69, 9.17) is 0 Å². The highest BCUT2D eigenvalue weighted by atomic mass is 32.2. The molecule has 0 aliphatic carbocycles. The summed E-state index contributed by atoms with van der Waals surface area (Å²) in [6.07, 6.45) is 1.72. The molecule has 2 aromatic carbocycles. The maximum atomic E-state index is 12.2. The molecule has 6 heteroatoms. The molecular weight excluding hydrogens is 356 g/mol. The highest BCUT2D eigenvalue weighted by Crippen LogP contribution is 2.27. The third kappa shape index (κ3) is 4.57. The average Bonchev–Trinajstić information content (AvgIpc) is 3.05. The van der Waals surface area contributed by atoms with Crippen LogP contribution in [0.5, 0.6) is 0 Å². The Labute approximate surface area is 164 Å². The summed E-state index contributed by atoms with van der Waals surface area (Å²) < 4.78 is 0. The number of carbonyl (C=O) groups excluding carboxylic acids is 1. The molecule has 0 N–H and O–H groups in total. The molecule has 1 heterocycles. The van der Waals surface area contributed by atoms with Gasteiger partial charge in [-0.2, -0.15) is 5.10 Å². The summed E-state index contributed by atoms with van der Waals surface area (Å²) >= 11 is 1.41. The minimum absolute atomic E-state index is 0.0291. The van der Waals surface area contributed by atoms with Crippen molar-refractivity contribution in [2.75, 3.05) is 28.6 Å². The third-order valence-corrected chi connectivity index (χ3v) is 5.34. The van der Waals surface area contributed by atoms with Crippen molar-refractivity contribution < 1.29 is 4.79 Å². The first-order valence-electron chi connectivity index (χ1n) is 9.10. The minimum atomic E-state index is 0.0291. The van der Waals surface area contributed by atoms with E-state index < -0.39 is 0 Å². The van der Waals surface area contributed by atoms with Gasteiger partial charge in [-0.3, -0.25) is 9.69 Å². The van der Waals surface area contributed by atoms with Crippen molar-refractivity contribution in [1.82, 2.24) is 0 Å². The molecular formula is C21H24N4OS. The van der Waals surface area contributed by atoms with Gasteiger partial charge < -0.3 is 4.90 Å². The van der Waals surface area contributed by atoms with Crippen molar-refractivity contribution in [3.8, 4) is 0 Å². The molecule has 5 nitrogen and oxygen atoms in total. The van der Waals surface area contributed by atoms with Crippen LogP contribution in [0.2, 0.25) is 0 Å². The smallest absolute Gasteiger partial charge is 0.243 e. The van der Waals surface area contributed by atoms with E-state index in [1.54, 1.807) is 11.1 Å². The van der Waals surface area contributed by atoms with Crippen LogP contribution < -0.4 is 9.80 Å². The quantitative estimate of drug-likeness (QED) is 0.554. The molecule has 140 valence electrons. The SMILES string of the molecule is CCN(CC)c1ccc(/C=N\N=C2\SCC(=O)N2c2ccc(C)cc2)cc1. The van der Waals surface area contributed by atoms with Crippen LogP contribution in [0.15, 0.2) is 58.7 Å². The van der Waals surface area contributed by atoms with E-state index in [9.17, 15) is 4.79 Å². The van der Waals surface area contributed by atoms with E-state index in [2.05, 4.69) is 41.1 Å². The second kappa shape index (κ2) is 8.86. The van der Waals surface area contributed by atoms with Gasteiger partial charge in [0.1, 0.15) is 0 Å². The number of nitrogens with zero attached hydrogens (tertiary/aromatic N) is 4. The van der Waals surface area contributed by atoms with Crippen LogP contribution in [0.1, 0.15) is 25.0 Å². The zero-order valence-electron chi connectivity index (χ0n) is 15.9. The van der Waals surface area contributed by atoms with Crippen LogP contribution in [0.25, 0.3) is 0 Å². The third-order valence-electron chi connectivity index (χ3n) is 4.43. The Morgan fingerprint density at radius 1 is 1.07 bits per heavy atom. The second-order valence-electron chi connectivity index (χ2n) is 6.24. The predicted molar refractivity (Wildman–Crippen MR) is 116 cm³/mol. The van der Waals surface area contributed by atoms with Gasteiger partial charge in [0.25, 0.3) is 0 Å². The van der Waals surface area contributed by atoms with E-state index in [1.165, 1.54) is 17.4 Å². The number of rotatable bonds is 6. The molecule has 27 heavy (non-hydrogen) atoms. The fraction of sp³-hybridized carbons (Fsp3) is 0.286. The lowest BCUT2D eigenvalue weighted by atomic mass is 10.2. The minimum Gasteiger partial charge on any atom is -0.372 e. The zero-order chi connectivity index (χ0) is 19.2. The Hall–Kier alpha value is -2.60. The molecule has 1 saturated heterocycles. The topological polar surface area (TPSA) is 48.3 Å². The van der Waals surface area contributed by atoms with E-state index in [1.807, 2.05) is 43.3 Å². The lowest BCUT2D eigenvalue weighted by molar-refractivity contribution is -0.115. The maximum Gasteiger partial charge on any atom is 0.243 e. The van der Waals surface area contributed by atoms with Crippen molar-refractivity contribution in [3.63, 3.8) is 0 Å². The first-order valence-corrected chi connectivity index (χ1v) is 10.1. The average molecular weight is 381 g/mol. The van der Waals surface area contributed by atoms with Crippen molar-refractivity contribution in [2.24, 2.45) is 10.2 Å². The lowest BCUT2D eigenvalue weighted by Crippen LogP contribution is -2.28. The number of carbonyl (C=O) groups is 1. The first kappa shape index (κ1) is 19.2. The number of amidine groups is 1. The molecule has 1 fully saturated rings. The van der Waals surface area contributed by atoms with Gasteiger partial charge >= 0.3 is 0 Å². The van der Waals surface area contributed by atoms with Gasteiger partial charge in [-0.05, 0) is 50.6 Å². The van der Waals surface area contributed by atoms with Gasteiger partial charge in [-0.25, -0.2) is 0 Å². The lowest BCUT2D eigenvalue weighted by Gasteiger charge is -2.20. The standard InChI is InChI=1S/C21H24N4OS/c1-4-24(5-2)18-12-8-17(9-13-18)14-22-23-21-25(20(26)15-27-21)19-10-6-16(3)7-11-19/h6-14H,4-5,15H2,1-3H3/b22-14-,23-21+. The fourth-order valence-corrected chi connectivity index (χ4v) is 3.71. The van der Waals surface area contributed by atoms with Crippen LogP contribution >= 0.6 is 11.8 Å². The van der Waals surface area contributed by atoms with Gasteiger partial charge in [-0.1, -0.05) is 41.6 Å². The number of anilines is 2. The molecule has 0 bridgehead atoms. The molecule has 0 spiro atoms. The monoisotopic (exact) mass is 380 g/mol. The molecule has 1 aliphatic heterocycles. The van der Waals surface area contributed by atoms with Crippen LogP contribution in [0, 0.1) is 6.92 Å². The number of aryl methyl sites for hydroxylation is 1. The maximum absolute atomic E-state index is 12.2. The Balaban J connectivity index is 1.74. The van der Waals surface area contributed by atoms with Crippen LogP contribution in [0.4, 0.5) is 11.4 Å². The number of hydrogen-bond acceptors (Lipinski definition) is 5. The Bertz CT molecular complexity index is 839. The van der Waals surface area contributed by atoms with Crippen molar-refractivity contribution in [3.05, 3.63) is 59.7 Å². The number of hydrogen-bond donors (Lipinski definition) is 0. The number of amides is 1. The van der Waals surface area contributed by atoms with E-state index >= 15 is 0 Å². The van der Waals surface area contributed by atoms with Gasteiger partial charge in [0.2, 0.25) is 5.91 Å².